The molecule has 1 unspecified atom stereocenters. The van der Waals surface area contributed by atoms with Gasteiger partial charge < -0.3 is 10.6 Å². The van der Waals surface area contributed by atoms with Crippen LogP contribution in [0.15, 0.2) is 30.5 Å². The van der Waals surface area contributed by atoms with Crippen LogP contribution in [0, 0.1) is 26.6 Å². The number of benzene rings is 1. The van der Waals surface area contributed by atoms with Crippen LogP contribution in [-0.4, -0.2) is 24.7 Å². The zero-order chi connectivity index (χ0) is 20.4. The number of hydrogen-bond donors (Lipinski definition) is 2. The van der Waals surface area contributed by atoms with E-state index >= 15 is 0 Å². The SMILES string of the molecule is Cc1nn(Cc2ccc(F)cc2)c(C)c1NC(=S)NC(C)c1cnn(C)c1C. The first-order chi connectivity index (χ1) is 13.3. The molecular weight excluding hydrogens is 375 g/mol. The molecule has 2 heterocycles. The van der Waals surface area contributed by atoms with Crippen LogP contribution in [0.25, 0.3) is 0 Å². The van der Waals surface area contributed by atoms with E-state index in [1.807, 2.05) is 43.4 Å². The molecule has 0 spiro atoms. The third-order valence-electron chi connectivity index (χ3n) is 4.95. The van der Waals surface area contributed by atoms with E-state index in [1.165, 1.54) is 12.1 Å². The summed E-state index contributed by atoms with van der Waals surface area (Å²) in [6.07, 6.45) is 1.85. The van der Waals surface area contributed by atoms with Crippen LogP contribution in [0.3, 0.4) is 0 Å². The fourth-order valence-electron chi connectivity index (χ4n) is 3.16. The Bertz CT molecular complexity index is 989. The smallest absolute Gasteiger partial charge is 0.171 e. The van der Waals surface area contributed by atoms with Crippen LogP contribution in [0.2, 0.25) is 0 Å². The molecule has 0 aliphatic carbocycles. The number of hydrogen-bond acceptors (Lipinski definition) is 3. The lowest BCUT2D eigenvalue weighted by atomic mass is 10.1. The van der Waals surface area contributed by atoms with Crippen LogP contribution in [0.1, 0.15) is 41.2 Å². The molecule has 0 aliphatic rings. The molecule has 8 heteroatoms. The minimum Gasteiger partial charge on any atom is -0.356 e. The fraction of sp³-hybridized carbons (Fsp3) is 0.350. The van der Waals surface area contributed by atoms with Gasteiger partial charge in [-0.2, -0.15) is 10.2 Å². The van der Waals surface area contributed by atoms with Crippen molar-refractivity contribution in [3.05, 3.63) is 64.5 Å². The summed E-state index contributed by atoms with van der Waals surface area (Å²) in [5.41, 5.74) is 5.90. The van der Waals surface area contributed by atoms with Gasteiger partial charge in [-0.05, 0) is 57.6 Å². The van der Waals surface area contributed by atoms with E-state index in [4.69, 9.17) is 12.2 Å². The number of thiocarbonyl (C=S) groups is 1. The Hall–Kier alpha value is -2.74. The lowest BCUT2D eigenvalue weighted by Crippen LogP contribution is -2.31. The maximum Gasteiger partial charge on any atom is 0.171 e. The van der Waals surface area contributed by atoms with Gasteiger partial charge in [0.05, 0.1) is 35.9 Å². The Morgan fingerprint density at radius 3 is 2.46 bits per heavy atom. The number of halogens is 1. The summed E-state index contributed by atoms with van der Waals surface area (Å²) in [6.45, 7) is 8.58. The summed E-state index contributed by atoms with van der Waals surface area (Å²) < 4.78 is 16.8. The molecule has 0 saturated carbocycles. The molecule has 28 heavy (non-hydrogen) atoms. The van der Waals surface area contributed by atoms with Crippen LogP contribution >= 0.6 is 12.2 Å². The number of rotatable bonds is 5. The van der Waals surface area contributed by atoms with Gasteiger partial charge in [0, 0.05) is 18.3 Å². The molecule has 2 aromatic heterocycles. The largest absolute Gasteiger partial charge is 0.356 e. The molecule has 3 rings (SSSR count). The summed E-state index contributed by atoms with van der Waals surface area (Å²) in [6, 6.07) is 6.48. The van der Waals surface area contributed by atoms with Gasteiger partial charge in [-0.1, -0.05) is 12.1 Å². The van der Waals surface area contributed by atoms with Crippen molar-refractivity contribution < 1.29 is 4.39 Å². The van der Waals surface area contributed by atoms with Gasteiger partial charge in [0.2, 0.25) is 0 Å². The minimum atomic E-state index is -0.242. The minimum absolute atomic E-state index is 0.0311. The number of nitrogens with one attached hydrogen (secondary N) is 2. The summed E-state index contributed by atoms with van der Waals surface area (Å²) >= 11 is 5.51. The number of aryl methyl sites for hydroxylation is 2. The van der Waals surface area contributed by atoms with E-state index in [2.05, 4.69) is 27.8 Å². The molecule has 2 N–H and O–H groups in total. The van der Waals surface area contributed by atoms with Crippen LogP contribution in [-0.2, 0) is 13.6 Å². The Kier molecular flexibility index (Phi) is 5.79. The maximum atomic E-state index is 13.1. The highest BCUT2D eigenvalue weighted by Gasteiger charge is 2.16. The fourth-order valence-corrected chi connectivity index (χ4v) is 3.44. The molecule has 0 fully saturated rings. The zero-order valence-corrected chi connectivity index (χ0v) is 17.6. The van der Waals surface area contributed by atoms with E-state index in [1.54, 1.807) is 12.1 Å². The molecule has 3 aromatic rings. The summed E-state index contributed by atoms with van der Waals surface area (Å²) in [5.74, 6) is -0.242. The van der Waals surface area contributed by atoms with Gasteiger partial charge in [0.15, 0.2) is 5.11 Å². The average molecular weight is 401 g/mol. The maximum absolute atomic E-state index is 13.1. The number of nitrogens with zero attached hydrogens (tertiary/aromatic N) is 4. The predicted molar refractivity (Wildman–Crippen MR) is 113 cm³/mol. The van der Waals surface area contributed by atoms with Crippen molar-refractivity contribution in [1.29, 1.82) is 0 Å². The summed E-state index contributed by atoms with van der Waals surface area (Å²) in [4.78, 5) is 0. The standard InChI is InChI=1S/C20H25FN6S/c1-12(18-10-22-26(5)14(18)3)23-20(28)24-19-13(2)25-27(15(19)4)11-16-6-8-17(21)9-7-16/h6-10,12H,11H2,1-5H3,(H2,23,24,28). The van der Waals surface area contributed by atoms with Gasteiger partial charge in [0.1, 0.15) is 5.82 Å². The van der Waals surface area contributed by atoms with Gasteiger partial charge in [-0.25, -0.2) is 4.39 Å². The second-order valence-corrected chi connectivity index (χ2v) is 7.37. The van der Waals surface area contributed by atoms with Crippen molar-refractivity contribution in [3.63, 3.8) is 0 Å². The first-order valence-corrected chi connectivity index (χ1v) is 9.51. The van der Waals surface area contributed by atoms with Crippen molar-refractivity contribution >= 4 is 23.0 Å². The van der Waals surface area contributed by atoms with Crippen molar-refractivity contribution in [3.8, 4) is 0 Å². The topological polar surface area (TPSA) is 59.7 Å². The third-order valence-corrected chi connectivity index (χ3v) is 5.17. The molecule has 0 bridgehead atoms. The van der Waals surface area contributed by atoms with Crippen LogP contribution in [0.4, 0.5) is 10.1 Å². The van der Waals surface area contributed by atoms with E-state index in [9.17, 15) is 4.39 Å². The average Bonchev–Trinajstić information content (AvgIpc) is 3.11. The van der Waals surface area contributed by atoms with E-state index in [0.29, 0.717) is 11.7 Å². The second-order valence-electron chi connectivity index (χ2n) is 6.96. The Morgan fingerprint density at radius 2 is 1.86 bits per heavy atom. The van der Waals surface area contributed by atoms with Gasteiger partial charge in [-0.3, -0.25) is 9.36 Å². The number of aromatic nitrogens is 4. The molecule has 1 atom stereocenters. The molecule has 1 aromatic carbocycles. The van der Waals surface area contributed by atoms with Gasteiger partial charge in [-0.15, -0.1) is 0 Å². The quantitative estimate of drug-likeness (QED) is 0.639. The zero-order valence-electron chi connectivity index (χ0n) is 16.7. The van der Waals surface area contributed by atoms with E-state index in [0.717, 1.165) is 33.9 Å². The van der Waals surface area contributed by atoms with E-state index < -0.39 is 0 Å². The van der Waals surface area contributed by atoms with Crippen molar-refractivity contribution in [2.45, 2.75) is 40.3 Å². The van der Waals surface area contributed by atoms with Gasteiger partial charge in [0.25, 0.3) is 0 Å². The first kappa shape index (κ1) is 20.0. The molecule has 148 valence electrons. The Morgan fingerprint density at radius 1 is 1.18 bits per heavy atom. The molecule has 0 radical (unpaired) electrons. The Balaban J connectivity index is 1.70. The monoisotopic (exact) mass is 400 g/mol. The van der Waals surface area contributed by atoms with E-state index in [-0.39, 0.29) is 11.9 Å². The molecule has 6 nitrogen and oxygen atoms in total. The van der Waals surface area contributed by atoms with Crippen molar-refractivity contribution in [2.24, 2.45) is 7.05 Å². The lowest BCUT2D eigenvalue weighted by Gasteiger charge is -2.17. The molecule has 0 aliphatic heterocycles. The summed E-state index contributed by atoms with van der Waals surface area (Å²) in [5, 5.41) is 16.0. The highest BCUT2D eigenvalue weighted by Crippen LogP contribution is 2.21. The molecule has 0 amide bonds. The normalized spacial score (nSPS) is 12.1. The Labute approximate surface area is 169 Å². The molecular formula is C20H25FN6S. The predicted octanol–water partition coefficient (Wildman–Crippen LogP) is 3.78. The highest BCUT2D eigenvalue weighted by atomic mass is 32.1. The van der Waals surface area contributed by atoms with Crippen LogP contribution in [0.5, 0.6) is 0 Å². The van der Waals surface area contributed by atoms with Crippen molar-refractivity contribution in [2.75, 3.05) is 5.32 Å². The second kappa shape index (κ2) is 8.10. The first-order valence-electron chi connectivity index (χ1n) is 9.10. The molecule has 0 saturated heterocycles. The highest BCUT2D eigenvalue weighted by molar-refractivity contribution is 7.80. The summed E-state index contributed by atoms with van der Waals surface area (Å²) in [7, 11) is 1.92. The van der Waals surface area contributed by atoms with Gasteiger partial charge >= 0.3 is 0 Å². The third kappa shape index (κ3) is 4.22. The lowest BCUT2D eigenvalue weighted by molar-refractivity contribution is 0.622. The number of anilines is 1. The van der Waals surface area contributed by atoms with Crippen molar-refractivity contribution in [1.82, 2.24) is 24.9 Å². The van der Waals surface area contributed by atoms with Crippen LogP contribution < -0.4 is 10.6 Å².